The Kier molecular flexibility index (Phi) is 4.55. The fraction of sp³-hybridized carbons (Fsp3) is 0.500. The number of amides is 1. The zero-order valence-corrected chi connectivity index (χ0v) is 11.8. The third-order valence-electron chi connectivity index (χ3n) is 2.96. The molecular formula is C14H22N2O3. The maximum atomic E-state index is 11.6. The monoisotopic (exact) mass is 266 g/mol. The van der Waals surface area contributed by atoms with Crippen molar-refractivity contribution in [3.8, 4) is 5.75 Å². The van der Waals surface area contributed by atoms with Gasteiger partial charge in [-0.3, -0.25) is 10.1 Å². The van der Waals surface area contributed by atoms with E-state index in [0.29, 0.717) is 5.75 Å². The number of nitrogens with two attached hydrogens (primary N) is 1. The van der Waals surface area contributed by atoms with Crippen molar-refractivity contribution in [2.45, 2.75) is 39.6 Å². The van der Waals surface area contributed by atoms with Crippen LogP contribution in [0.5, 0.6) is 5.75 Å². The Balaban J connectivity index is 3.10. The maximum absolute atomic E-state index is 11.6. The summed E-state index contributed by atoms with van der Waals surface area (Å²) in [5, 5.41) is 13.6. The van der Waals surface area contributed by atoms with Crippen molar-refractivity contribution in [3.63, 3.8) is 0 Å². The Hall–Kier alpha value is -1.59. The highest BCUT2D eigenvalue weighted by atomic mass is 16.6. The fourth-order valence-electron chi connectivity index (χ4n) is 1.55. The van der Waals surface area contributed by atoms with Gasteiger partial charge in [-0.25, -0.2) is 0 Å². The largest absolute Gasteiger partial charge is 0.448 e. The van der Waals surface area contributed by atoms with E-state index in [0.717, 1.165) is 0 Å². The number of primary amides is 1. The van der Waals surface area contributed by atoms with Crippen LogP contribution in [0.3, 0.4) is 0 Å². The topological polar surface area (TPSA) is 84.6 Å². The standard InChI is InChI=1S/C14H22N2O3/c1-10(2)16-14(18,13(3,4)12(15)17)19-11-8-6-5-7-9-11/h5-10,16,18H,1-4H3,(H2,15,17). The predicted octanol–water partition coefficient (Wildman–Crippen LogP) is 1.22. The molecule has 0 saturated heterocycles. The fourth-order valence-corrected chi connectivity index (χ4v) is 1.55. The second-order valence-electron chi connectivity index (χ2n) is 5.35. The highest BCUT2D eigenvalue weighted by Gasteiger charge is 2.51. The first-order chi connectivity index (χ1) is 8.69. The molecule has 0 saturated carbocycles. The van der Waals surface area contributed by atoms with Crippen molar-refractivity contribution in [2.75, 3.05) is 0 Å². The van der Waals surface area contributed by atoms with E-state index in [-0.39, 0.29) is 6.04 Å². The normalized spacial score (nSPS) is 15.1. The molecule has 1 aromatic carbocycles. The Labute approximate surface area is 113 Å². The van der Waals surface area contributed by atoms with Crippen LogP contribution in [0.25, 0.3) is 0 Å². The van der Waals surface area contributed by atoms with Gasteiger partial charge in [0.25, 0.3) is 5.91 Å². The number of para-hydroxylation sites is 1. The molecule has 0 fully saturated rings. The summed E-state index contributed by atoms with van der Waals surface area (Å²) in [5.41, 5.74) is 4.07. The Morgan fingerprint density at radius 3 is 2.26 bits per heavy atom. The van der Waals surface area contributed by atoms with Crippen LogP contribution < -0.4 is 15.8 Å². The van der Waals surface area contributed by atoms with Crippen molar-refractivity contribution in [1.82, 2.24) is 5.32 Å². The summed E-state index contributed by atoms with van der Waals surface area (Å²) in [5.74, 6) is -2.08. The smallest absolute Gasteiger partial charge is 0.282 e. The lowest BCUT2D eigenvalue weighted by atomic mass is 9.87. The number of rotatable bonds is 6. The lowest BCUT2D eigenvalue weighted by Gasteiger charge is -2.41. The summed E-state index contributed by atoms with van der Waals surface area (Å²) in [7, 11) is 0. The number of hydrogen-bond donors (Lipinski definition) is 3. The molecule has 1 unspecified atom stereocenters. The quantitative estimate of drug-likeness (QED) is 0.676. The summed E-state index contributed by atoms with van der Waals surface area (Å²) in [6.45, 7) is 6.76. The highest BCUT2D eigenvalue weighted by Crippen LogP contribution is 2.31. The van der Waals surface area contributed by atoms with Gasteiger partial charge in [0.2, 0.25) is 5.91 Å². The summed E-state index contributed by atoms with van der Waals surface area (Å²) in [6.07, 6.45) is 0. The molecule has 0 spiro atoms. The molecular weight excluding hydrogens is 244 g/mol. The molecule has 19 heavy (non-hydrogen) atoms. The van der Waals surface area contributed by atoms with E-state index < -0.39 is 17.2 Å². The van der Waals surface area contributed by atoms with Gasteiger partial charge in [-0.05, 0) is 39.8 Å². The van der Waals surface area contributed by atoms with E-state index in [1.807, 2.05) is 19.9 Å². The lowest BCUT2D eigenvalue weighted by molar-refractivity contribution is -0.233. The zero-order valence-electron chi connectivity index (χ0n) is 11.8. The zero-order chi connectivity index (χ0) is 14.7. The maximum Gasteiger partial charge on any atom is 0.282 e. The molecule has 1 rings (SSSR count). The van der Waals surface area contributed by atoms with Crippen molar-refractivity contribution < 1.29 is 14.6 Å². The van der Waals surface area contributed by atoms with Gasteiger partial charge in [-0.2, -0.15) is 0 Å². The second-order valence-corrected chi connectivity index (χ2v) is 5.35. The van der Waals surface area contributed by atoms with Crippen LogP contribution in [-0.2, 0) is 4.79 Å². The van der Waals surface area contributed by atoms with Gasteiger partial charge in [-0.1, -0.05) is 18.2 Å². The molecule has 4 N–H and O–H groups in total. The number of aliphatic hydroxyl groups is 1. The third-order valence-corrected chi connectivity index (χ3v) is 2.96. The predicted molar refractivity (Wildman–Crippen MR) is 73.3 cm³/mol. The molecule has 1 aromatic rings. The Morgan fingerprint density at radius 2 is 1.84 bits per heavy atom. The van der Waals surface area contributed by atoms with E-state index in [1.165, 1.54) is 13.8 Å². The molecule has 106 valence electrons. The third kappa shape index (κ3) is 3.45. The number of nitrogens with one attached hydrogen (secondary N) is 1. The van der Waals surface area contributed by atoms with Gasteiger partial charge in [0, 0.05) is 6.04 Å². The molecule has 0 aliphatic carbocycles. The van der Waals surface area contributed by atoms with E-state index >= 15 is 0 Å². The Bertz CT molecular complexity index is 432. The molecule has 0 aliphatic rings. The van der Waals surface area contributed by atoms with Crippen LogP contribution in [0.1, 0.15) is 27.7 Å². The molecule has 0 aromatic heterocycles. The van der Waals surface area contributed by atoms with Crippen LogP contribution in [-0.4, -0.2) is 23.0 Å². The van der Waals surface area contributed by atoms with Crippen LogP contribution in [0.4, 0.5) is 0 Å². The van der Waals surface area contributed by atoms with Gasteiger partial charge >= 0.3 is 0 Å². The molecule has 0 heterocycles. The van der Waals surface area contributed by atoms with E-state index in [1.54, 1.807) is 24.3 Å². The van der Waals surface area contributed by atoms with Crippen LogP contribution in [0, 0.1) is 5.41 Å². The van der Waals surface area contributed by atoms with Crippen molar-refractivity contribution in [1.29, 1.82) is 0 Å². The van der Waals surface area contributed by atoms with E-state index in [9.17, 15) is 9.90 Å². The number of ether oxygens (including phenoxy) is 1. The number of benzene rings is 1. The second kappa shape index (κ2) is 5.59. The SMILES string of the molecule is CC(C)NC(O)(Oc1ccccc1)C(C)(C)C(N)=O. The average molecular weight is 266 g/mol. The van der Waals surface area contributed by atoms with Crippen molar-refractivity contribution in [3.05, 3.63) is 30.3 Å². The first-order valence-electron chi connectivity index (χ1n) is 6.23. The van der Waals surface area contributed by atoms with Gasteiger partial charge in [0.1, 0.15) is 11.2 Å². The summed E-state index contributed by atoms with van der Waals surface area (Å²) >= 11 is 0. The van der Waals surface area contributed by atoms with Crippen LogP contribution >= 0.6 is 0 Å². The van der Waals surface area contributed by atoms with Gasteiger partial charge in [0.05, 0.1) is 0 Å². The number of carbonyl (C=O) groups excluding carboxylic acids is 1. The van der Waals surface area contributed by atoms with E-state index in [2.05, 4.69) is 5.32 Å². The molecule has 5 nitrogen and oxygen atoms in total. The highest BCUT2D eigenvalue weighted by molar-refractivity contribution is 5.81. The molecule has 5 heteroatoms. The molecule has 0 bridgehead atoms. The van der Waals surface area contributed by atoms with Gasteiger partial charge in [-0.15, -0.1) is 0 Å². The first-order valence-corrected chi connectivity index (χ1v) is 6.23. The minimum atomic E-state index is -1.88. The van der Waals surface area contributed by atoms with Crippen LogP contribution in [0.15, 0.2) is 30.3 Å². The lowest BCUT2D eigenvalue weighted by Crippen LogP contribution is -2.66. The van der Waals surface area contributed by atoms with Crippen molar-refractivity contribution >= 4 is 5.91 Å². The summed E-state index contributed by atoms with van der Waals surface area (Å²) in [6, 6.07) is 8.70. The minimum Gasteiger partial charge on any atom is -0.448 e. The minimum absolute atomic E-state index is 0.0904. The Morgan fingerprint density at radius 1 is 1.32 bits per heavy atom. The van der Waals surface area contributed by atoms with E-state index in [4.69, 9.17) is 10.5 Å². The summed E-state index contributed by atoms with van der Waals surface area (Å²) in [4.78, 5) is 11.6. The molecule has 1 atom stereocenters. The van der Waals surface area contributed by atoms with Crippen LogP contribution in [0.2, 0.25) is 0 Å². The number of carbonyl (C=O) groups is 1. The van der Waals surface area contributed by atoms with Gasteiger partial charge in [0.15, 0.2) is 0 Å². The molecule has 0 radical (unpaired) electrons. The summed E-state index contributed by atoms with van der Waals surface area (Å²) < 4.78 is 5.58. The molecule has 0 aliphatic heterocycles. The average Bonchev–Trinajstić information content (AvgIpc) is 2.28. The number of hydrogen-bond acceptors (Lipinski definition) is 4. The van der Waals surface area contributed by atoms with Crippen molar-refractivity contribution in [2.24, 2.45) is 11.1 Å². The first kappa shape index (κ1) is 15.5. The van der Waals surface area contributed by atoms with Gasteiger partial charge < -0.3 is 15.6 Å². The molecule has 1 amide bonds.